The standard InChI is InChI=1S/C20H26N2O3S/c1-6-22(17-11-7-9-15(2)13-17)26(24,25)18-12-8-10-16(14-18)19(23)21-20(3,4)5/h7-14H,6H2,1-5H3,(H,21,23). The highest BCUT2D eigenvalue weighted by atomic mass is 32.2. The van der Waals surface area contributed by atoms with Gasteiger partial charge in [-0.05, 0) is 70.5 Å². The van der Waals surface area contributed by atoms with Crippen LogP contribution in [-0.2, 0) is 10.0 Å². The topological polar surface area (TPSA) is 66.5 Å². The lowest BCUT2D eigenvalue weighted by molar-refractivity contribution is 0.0919. The van der Waals surface area contributed by atoms with E-state index in [4.69, 9.17) is 0 Å². The predicted octanol–water partition coefficient (Wildman–Crippen LogP) is 3.74. The summed E-state index contributed by atoms with van der Waals surface area (Å²) in [4.78, 5) is 12.5. The number of amides is 1. The largest absolute Gasteiger partial charge is 0.347 e. The van der Waals surface area contributed by atoms with Crippen molar-refractivity contribution >= 4 is 21.6 Å². The van der Waals surface area contributed by atoms with E-state index < -0.39 is 15.6 Å². The average Bonchev–Trinajstić information content (AvgIpc) is 2.54. The summed E-state index contributed by atoms with van der Waals surface area (Å²) in [6.07, 6.45) is 0. The second-order valence-corrected chi connectivity index (χ2v) is 9.10. The second-order valence-electron chi connectivity index (χ2n) is 7.24. The molecule has 0 radical (unpaired) electrons. The van der Waals surface area contributed by atoms with Crippen LogP contribution in [0, 0.1) is 6.92 Å². The molecular weight excluding hydrogens is 348 g/mol. The van der Waals surface area contributed by atoms with Crippen molar-refractivity contribution in [1.82, 2.24) is 5.32 Å². The number of rotatable bonds is 5. The number of nitrogens with zero attached hydrogens (tertiary/aromatic N) is 1. The third kappa shape index (κ3) is 4.64. The van der Waals surface area contributed by atoms with Gasteiger partial charge in [-0.15, -0.1) is 0 Å². The molecule has 0 aliphatic heterocycles. The fraction of sp³-hybridized carbons (Fsp3) is 0.350. The number of anilines is 1. The Morgan fingerprint density at radius 3 is 2.31 bits per heavy atom. The molecule has 0 aliphatic rings. The number of nitrogens with one attached hydrogen (secondary N) is 1. The first-order chi connectivity index (χ1) is 12.0. The van der Waals surface area contributed by atoms with Crippen molar-refractivity contribution in [2.45, 2.75) is 45.1 Å². The van der Waals surface area contributed by atoms with Gasteiger partial charge >= 0.3 is 0 Å². The first-order valence-corrected chi connectivity index (χ1v) is 10.0. The van der Waals surface area contributed by atoms with Crippen LogP contribution in [0.2, 0.25) is 0 Å². The Hall–Kier alpha value is -2.34. The van der Waals surface area contributed by atoms with Crippen molar-refractivity contribution < 1.29 is 13.2 Å². The molecule has 5 nitrogen and oxygen atoms in total. The van der Waals surface area contributed by atoms with Crippen molar-refractivity contribution in [2.75, 3.05) is 10.8 Å². The van der Waals surface area contributed by atoms with Crippen LogP contribution < -0.4 is 9.62 Å². The van der Waals surface area contributed by atoms with Gasteiger partial charge < -0.3 is 5.32 Å². The van der Waals surface area contributed by atoms with E-state index in [1.165, 1.54) is 16.4 Å². The highest BCUT2D eigenvalue weighted by Crippen LogP contribution is 2.25. The van der Waals surface area contributed by atoms with E-state index in [1.807, 2.05) is 45.9 Å². The molecule has 26 heavy (non-hydrogen) atoms. The van der Waals surface area contributed by atoms with Gasteiger partial charge in [0, 0.05) is 17.6 Å². The summed E-state index contributed by atoms with van der Waals surface area (Å²) in [6.45, 7) is 9.63. The lowest BCUT2D eigenvalue weighted by Gasteiger charge is -2.24. The minimum absolute atomic E-state index is 0.0995. The Kier molecular flexibility index (Phi) is 5.76. The first-order valence-electron chi connectivity index (χ1n) is 8.56. The van der Waals surface area contributed by atoms with Gasteiger partial charge in [0.05, 0.1) is 10.6 Å². The minimum Gasteiger partial charge on any atom is -0.347 e. The number of carbonyl (C=O) groups is 1. The lowest BCUT2D eigenvalue weighted by Crippen LogP contribution is -2.40. The summed E-state index contributed by atoms with van der Waals surface area (Å²) >= 11 is 0. The van der Waals surface area contributed by atoms with Gasteiger partial charge in [-0.2, -0.15) is 0 Å². The highest BCUT2D eigenvalue weighted by Gasteiger charge is 2.25. The van der Waals surface area contributed by atoms with Crippen LogP contribution in [0.1, 0.15) is 43.6 Å². The maximum atomic E-state index is 13.1. The maximum Gasteiger partial charge on any atom is 0.264 e. The van der Waals surface area contributed by atoms with Crippen LogP contribution >= 0.6 is 0 Å². The smallest absolute Gasteiger partial charge is 0.264 e. The molecule has 2 rings (SSSR count). The quantitative estimate of drug-likeness (QED) is 0.867. The minimum atomic E-state index is -3.77. The zero-order valence-corrected chi connectivity index (χ0v) is 16.7. The third-order valence-electron chi connectivity index (χ3n) is 3.75. The zero-order chi connectivity index (χ0) is 19.5. The summed E-state index contributed by atoms with van der Waals surface area (Å²) in [7, 11) is -3.77. The van der Waals surface area contributed by atoms with Crippen molar-refractivity contribution in [3.63, 3.8) is 0 Å². The zero-order valence-electron chi connectivity index (χ0n) is 15.9. The van der Waals surface area contributed by atoms with Crippen LogP contribution in [-0.4, -0.2) is 26.4 Å². The molecule has 0 fully saturated rings. The Balaban J connectivity index is 2.42. The number of sulfonamides is 1. The van der Waals surface area contributed by atoms with E-state index in [0.29, 0.717) is 17.8 Å². The normalized spacial score (nSPS) is 11.9. The van der Waals surface area contributed by atoms with Gasteiger partial charge in [-0.1, -0.05) is 18.2 Å². The molecule has 0 atom stereocenters. The number of hydrogen-bond donors (Lipinski definition) is 1. The number of aryl methyl sites for hydroxylation is 1. The molecule has 0 spiro atoms. The van der Waals surface area contributed by atoms with Crippen LogP contribution in [0.4, 0.5) is 5.69 Å². The Morgan fingerprint density at radius 1 is 1.08 bits per heavy atom. The number of benzene rings is 2. The molecule has 0 saturated carbocycles. The summed E-state index contributed by atoms with van der Waals surface area (Å²) in [5.74, 6) is -0.298. The average molecular weight is 375 g/mol. The molecule has 0 saturated heterocycles. The van der Waals surface area contributed by atoms with Gasteiger partial charge in [-0.25, -0.2) is 8.42 Å². The molecule has 1 N–H and O–H groups in total. The number of carbonyl (C=O) groups excluding carboxylic acids is 1. The van der Waals surface area contributed by atoms with E-state index in [0.717, 1.165) is 5.56 Å². The molecule has 1 amide bonds. The summed E-state index contributed by atoms with van der Waals surface area (Å²) in [5, 5.41) is 2.85. The molecule has 2 aromatic rings. The van der Waals surface area contributed by atoms with Crippen LogP contribution in [0.25, 0.3) is 0 Å². The van der Waals surface area contributed by atoms with Gasteiger partial charge in [0.15, 0.2) is 0 Å². The molecular formula is C20H26N2O3S. The molecule has 2 aromatic carbocycles. The fourth-order valence-electron chi connectivity index (χ4n) is 2.61. The Morgan fingerprint density at radius 2 is 1.73 bits per heavy atom. The monoisotopic (exact) mass is 374 g/mol. The maximum absolute atomic E-state index is 13.1. The molecule has 0 aromatic heterocycles. The van der Waals surface area contributed by atoms with E-state index in [2.05, 4.69) is 5.32 Å². The van der Waals surface area contributed by atoms with Gasteiger partial charge in [-0.3, -0.25) is 9.10 Å². The van der Waals surface area contributed by atoms with Gasteiger partial charge in [0.25, 0.3) is 15.9 Å². The van der Waals surface area contributed by atoms with Crippen LogP contribution in [0.3, 0.4) is 0 Å². The van der Waals surface area contributed by atoms with E-state index in [1.54, 1.807) is 25.1 Å². The third-order valence-corrected chi connectivity index (χ3v) is 5.65. The van der Waals surface area contributed by atoms with Crippen LogP contribution in [0.5, 0.6) is 0 Å². The van der Waals surface area contributed by atoms with Crippen molar-refractivity contribution in [1.29, 1.82) is 0 Å². The van der Waals surface area contributed by atoms with E-state index >= 15 is 0 Å². The molecule has 0 heterocycles. The van der Waals surface area contributed by atoms with Crippen molar-refractivity contribution in [3.8, 4) is 0 Å². The SMILES string of the molecule is CCN(c1cccc(C)c1)S(=O)(=O)c1cccc(C(=O)NC(C)(C)C)c1. The van der Waals surface area contributed by atoms with E-state index in [9.17, 15) is 13.2 Å². The van der Waals surface area contributed by atoms with Gasteiger partial charge in [0.1, 0.15) is 0 Å². The fourth-order valence-corrected chi connectivity index (χ4v) is 4.12. The summed E-state index contributed by atoms with van der Waals surface area (Å²) in [5.41, 5.74) is 1.51. The van der Waals surface area contributed by atoms with Gasteiger partial charge in [0.2, 0.25) is 0 Å². The molecule has 0 aliphatic carbocycles. The predicted molar refractivity (Wildman–Crippen MR) is 105 cm³/mol. The Bertz CT molecular complexity index is 899. The van der Waals surface area contributed by atoms with Crippen LogP contribution in [0.15, 0.2) is 53.4 Å². The molecule has 6 heteroatoms. The molecule has 0 bridgehead atoms. The van der Waals surface area contributed by atoms with E-state index in [-0.39, 0.29) is 10.8 Å². The summed E-state index contributed by atoms with van der Waals surface area (Å²) < 4.78 is 27.6. The lowest BCUT2D eigenvalue weighted by atomic mass is 10.1. The molecule has 0 unspecified atom stereocenters. The Labute approximate surface area is 156 Å². The number of hydrogen-bond acceptors (Lipinski definition) is 3. The second kappa shape index (κ2) is 7.50. The molecule has 140 valence electrons. The highest BCUT2D eigenvalue weighted by molar-refractivity contribution is 7.92. The first kappa shape index (κ1) is 20.0. The summed E-state index contributed by atoms with van der Waals surface area (Å²) in [6, 6.07) is 13.5. The van der Waals surface area contributed by atoms with Crippen molar-refractivity contribution in [2.24, 2.45) is 0 Å². The van der Waals surface area contributed by atoms with Crippen molar-refractivity contribution in [3.05, 3.63) is 59.7 Å².